The fourth-order valence-electron chi connectivity index (χ4n) is 2.18. The number of hydrogen-bond donors (Lipinski definition) is 1. The molecule has 0 spiro atoms. The van der Waals surface area contributed by atoms with Gasteiger partial charge in [0.15, 0.2) is 17.5 Å². The molecule has 2 rings (SSSR count). The second-order valence-electron chi connectivity index (χ2n) is 5.60. The van der Waals surface area contributed by atoms with Gasteiger partial charge in [0, 0.05) is 16.5 Å². The fraction of sp³-hybridized carbons (Fsp3) is 0.250. The monoisotopic (exact) mass is 278 g/mol. The van der Waals surface area contributed by atoms with Gasteiger partial charge in [0.05, 0.1) is 6.93 Å². The van der Waals surface area contributed by atoms with E-state index in [1.54, 1.807) is 0 Å². The van der Waals surface area contributed by atoms with E-state index in [4.69, 9.17) is 13.5 Å². The number of rotatable bonds is 0. The maximum atomic E-state index is 14.1. The number of nitrogen functional groups attached to an aromatic ring is 1. The zero-order valence-electron chi connectivity index (χ0n) is 12.4. The molecule has 0 heterocycles. The lowest BCUT2D eigenvalue weighted by molar-refractivity contribution is 0.452. The molecule has 0 saturated heterocycles. The van der Waals surface area contributed by atoms with Crippen LogP contribution >= 0.6 is 0 Å². The zero-order chi connectivity index (χ0) is 16.1. The Labute approximate surface area is 117 Å². The van der Waals surface area contributed by atoms with Crippen LogP contribution in [0.4, 0.5) is 18.9 Å². The molecule has 4 heteroatoms. The molecule has 2 aromatic carbocycles. The summed E-state index contributed by atoms with van der Waals surface area (Å²) >= 11 is 0. The summed E-state index contributed by atoms with van der Waals surface area (Å²) in [4.78, 5) is 0. The highest BCUT2D eigenvalue weighted by Gasteiger charge is 2.25. The minimum absolute atomic E-state index is 0.0136. The van der Waals surface area contributed by atoms with Gasteiger partial charge in [-0.3, -0.25) is 0 Å². The van der Waals surface area contributed by atoms with Crippen molar-refractivity contribution in [3.05, 3.63) is 40.7 Å². The van der Waals surface area contributed by atoms with Gasteiger partial charge in [-0.05, 0) is 23.1 Å². The van der Waals surface area contributed by atoms with Gasteiger partial charge in [-0.15, -0.1) is 6.42 Å². The SMILES string of the molecule is [2H]c1c(N)cc(C(C)(C)C)c2c(C#C)c(F)c(F)c(F)c12. The first-order valence-electron chi connectivity index (χ1n) is 6.47. The van der Waals surface area contributed by atoms with E-state index in [0.29, 0.717) is 5.56 Å². The predicted molar refractivity (Wildman–Crippen MR) is 74.9 cm³/mol. The van der Waals surface area contributed by atoms with Gasteiger partial charge in [0.1, 0.15) is 0 Å². The van der Waals surface area contributed by atoms with E-state index in [9.17, 15) is 13.2 Å². The molecular formula is C16H14F3N. The molecule has 20 heavy (non-hydrogen) atoms. The largest absolute Gasteiger partial charge is 0.399 e. The lowest BCUT2D eigenvalue weighted by atomic mass is 9.81. The van der Waals surface area contributed by atoms with Crippen molar-refractivity contribution in [1.29, 1.82) is 0 Å². The highest BCUT2D eigenvalue weighted by molar-refractivity contribution is 5.95. The van der Waals surface area contributed by atoms with Crippen molar-refractivity contribution in [3.8, 4) is 12.3 Å². The number of hydrogen-bond acceptors (Lipinski definition) is 1. The van der Waals surface area contributed by atoms with E-state index in [1.807, 2.05) is 20.8 Å². The standard InChI is InChI=1S/C16H14F3N/c1-5-9-12-10(14(18)15(19)13(9)17)6-8(20)7-11(12)16(2,3)4/h1,6-7H,20H2,2-4H3/i6D. The summed E-state index contributed by atoms with van der Waals surface area (Å²) in [5.41, 5.74) is 5.24. The number of fused-ring (bicyclic) bond motifs is 1. The third-order valence-electron chi connectivity index (χ3n) is 3.12. The van der Waals surface area contributed by atoms with Gasteiger partial charge >= 0.3 is 0 Å². The molecular weight excluding hydrogens is 263 g/mol. The Morgan fingerprint density at radius 2 is 1.80 bits per heavy atom. The van der Waals surface area contributed by atoms with Crippen molar-refractivity contribution in [2.24, 2.45) is 0 Å². The molecule has 0 saturated carbocycles. The number of terminal acetylenes is 1. The Kier molecular flexibility index (Phi) is 2.86. The maximum Gasteiger partial charge on any atom is 0.196 e. The quantitative estimate of drug-likeness (QED) is 0.438. The summed E-state index contributed by atoms with van der Waals surface area (Å²) in [7, 11) is 0. The highest BCUT2D eigenvalue weighted by Crippen LogP contribution is 2.37. The topological polar surface area (TPSA) is 26.0 Å². The Morgan fingerprint density at radius 3 is 2.30 bits per heavy atom. The van der Waals surface area contributed by atoms with Crippen LogP contribution in [0.2, 0.25) is 0 Å². The summed E-state index contributed by atoms with van der Waals surface area (Å²) in [6, 6.07) is 1.06. The third-order valence-corrected chi connectivity index (χ3v) is 3.12. The Balaban J connectivity index is 3.24. The van der Waals surface area contributed by atoms with Crippen LogP contribution in [0.1, 0.15) is 33.3 Å². The second-order valence-corrected chi connectivity index (χ2v) is 5.60. The highest BCUT2D eigenvalue weighted by atomic mass is 19.2. The number of halogens is 3. The number of nitrogens with two attached hydrogens (primary N) is 1. The molecule has 0 atom stereocenters. The number of benzene rings is 2. The zero-order valence-corrected chi connectivity index (χ0v) is 11.4. The van der Waals surface area contributed by atoms with Crippen molar-refractivity contribution < 1.29 is 14.5 Å². The van der Waals surface area contributed by atoms with E-state index < -0.39 is 28.9 Å². The predicted octanol–water partition coefficient (Wildman–Crippen LogP) is 4.12. The Hall–Kier alpha value is -2.15. The summed E-state index contributed by atoms with van der Waals surface area (Å²) in [6.45, 7) is 5.43. The third kappa shape index (κ3) is 2.00. The minimum Gasteiger partial charge on any atom is -0.399 e. The van der Waals surface area contributed by atoms with Crippen LogP contribution in [0, 0.1) is 29.8 Å². The van der Waals surface area contributed by atoms with E-state index in [2.05, 4.69) is 5.92 Å². The van der Waals surface area contributed by atoms with Gasteiger partial charge in [-0.1, -0.05) is 26.7 Å². The molecule has 0 aliphatic heterocycles. The summed E-state index contributed by atoms with van der Waals surface area (Å²) in [5, 5.41) is -0.354. The van der Waals surface area contributed by atoms with E-state index in [-0.39, 0.29) is 22.0 Å². The molecule has 0 aliphatic rings. The average molecular weight is 278 g/mol. The van der Waals surface area contributed by atoms with Crippen LogP contribution in [0.15, 0.2) is 12.1 Å². The molecule has 0 amide bonds. The van der Waals surface area contributed by atoms with Crippen LogP contribution in [-0.2, 0) is 5.41 Å². The van der Waals surface area contributed by atoms with Gasteiger partial charge < -0.3 is 5.73 Å². The van der Waals surface area contributed by atoms with Crippen molar-refractivity contribution in [2.45, 2.75) is 26.2 Å². The van der Waals surface area contributed by atoms with Gasteiger partial charge in [0.2, 0.25) is 0 Å². The maximum absolute atomic E-state index is 14.1. The van der Waals surface area contributed by atoms with Crippen LogP contribution in [0.5, 0.6) is 0 Å². The lowest BCUT2D eigenvalue weighted by Crippen LogP contribution is -2.14. The van der Waals surface area contributed by atoms with Gasteiger partial charge in [0.25, 0.3) is 0 Å². The van der Waals surface area contributed by atoms with Crippen molar-refractivity contribution >= 4 is 16.5 Å². The lowest BCUT2D eigenvalue weighted by Gasteiger charge is -2.23. The molecule has 0 radical (unpaired) electrons. The molecule has 1 nitrogen and oxygen atoms in total. The van der Waals surface area contributed by atoms with E-state index >= 15 is 0 Å². The first-order chi connectivity index (χ1) is 9.61. The molecule has 2 aromatic rings. The molecule has 2 N–H and O–H groups in total. The first-order valence-corrected chi connectivity index (χ1v) is 5.97. The minimum atomic E-state index is -1.69. The Morgan fingerprint density at radius 1 is 1.20 bits per heavy atom. The van der Waals surface area contributed by atoms with Crippen LogP contribution < -0.4 is 5.73 Å². The second kappa shape index (κ2) is 4.45. The number of anilines is 1. The van der Waals surface area contributed by atoms with E-state index in [1.165, 1.54) is 6.07 Å². The summed E-state index contributed by atoms with van der Waals surface area (Å²) in [6.07, 6.45) is 5.26. The fourth-order valence-corrected chi connectivity index (χ4v) is 2.18. The van der Waals surface area contributed by atoms with Gasteiger partial charge in [-0.25, -0.2) is 13.2 Å². The van der Waals surface area contributed by atoms with Gasteiger partial charge in [-0.2, -0.15) is 0 Å². The molecule has 0 aromatic heterocycles. The molecule has 0 fully saturated rings. The molecule has 104 valence electrons. The van der Waals surface area contributed by atoms with Crippen LogP contribution in [-0.4, -0.2) is 0 Å². The normalized spacial score (nSPS) is 12.3. The summed E-state index contributed by atoms with van der Waals surface area (Å²) in [5.74, 6) is -2.49. The molecule has 0 bridgehead atoms. The van der Waals surface area contributed by atoms with Crippen LogP contribution in [0.25, 0.3) is 10.8 Å². The van der Waals surface area contributed by atoms with Crippen LogP contribution in [0.3, 0.4) is 0 Å². The molecule has 0 unspecified atom stereocenters. The average Bonchev–Trinajstić information content (AvgIpc) is 2.39. The first kappa shape index (κ1) is 12.9. The molecule has 0 aliphatic carbocycles. The summed E-state index contributed by atoms with van der Waals surface area (Å²) < 4.78 is 49.6. The Bertz CT molecular complexity index is 798. The van der Waals surface area contributed by atoms with Crippen molar-refractivity contribution in [1.82, 2.24) is 0 Å². The van der Waals surface area contributed by atoms with E-state index in [0.717, 1.165) is 0 Å². The smallest absolute Gasteiger partial charge is 0.196 e. The van der Waals surface area contributed by atoms with Crippen molar-refractivity contribution in [2.75, 3.05) is 5.73 Å². The van der Waals surface area contributed by atoms with Crippen molar-refractivity contribution in [3.63, 3.8) is 0 Å².